The van der Waals surface area contributed by atoms with Crippen molar-refractivity contribution in [2.24, 2.45) is 5.10 Å². The number of hydrogen-bond donors (Lipinski definition) is 2. The molecule has 0 spiro atoms. The van der Waals surface area contributed by atoms with Crippen LogP contribution in [0.4, 0.5) is 0 Å². The van der Waals surface area contributed by atoms with E-state index in [9.17, 15) is 4.79 Å². The predicted molar refractivity (Wildman–Crippen MR) is 131 cm³/mol. The van der Waals surface area contributed by atoms with Gasteiger partial charge in [-0.25, -0.2) is 5.43 Å². The average Bonchev–Trinajstić information content (AvgIpc) is 3.35. The third-order valence-electron chi connectivity index (χ3n) is 4.91. The Morgan fingerprint density at radius 2 is 1.79 bits per heavy atom. The smallest absolute Gasteiger partial charge is 0.289 e. The molecule has 6 heteroatoms. The lowest BCUT2D eigenvalue weighted by atomic mass is 10.1. The Bertz CT molecular complexity index is 1240. The van der Waals surface area contributed by atoms with E-state index in [1.54, 1.807) is 12.1 Å². The molecule has 164 valence electrons. The number of benzene rings is 3. The molecular weight excluding hydrogens is 412 g/mol. The van der Waals surface area contributed by atoms with E-state index in [0.717, 1.165) is 22.4 Å². The lowest BCUT2D eigenvalue weighted by molar-refractivity contribution is 0.0950. The van der Waals surface area contributed by atoms with Gasteiger partial charge in [0.05, 0.1) is 5.69 Å². The number of allylic oxidation sites excluding steroid dienone is 1. The molecule has 0 bridgehead atoms. The van der Waals surface area contributed by atoms with E-state index >= 15 is 0 Å². The average molecular weight is 437 g/mol. The van der Waals surface area contributed by atoms with E-state index in [4.69, 9.17) is 4.74 Å². The van der Waals surface area contributed by atoms with Gasteiger partial charge >= 0.3 is 0 Å². The lowest BCUT2D eigenvalue weighted by Crippen LogP contribution is -2.17. The van der Waals surface area contributed by atoms with E-state index in [0.29, 0.717) is 18.0 Å². The van der Waals surface area contributed by atoms with Crippen LogP contribution in [0.5, 0.6) is 5.75 Å². The number of aryl methyl sites for hydroxylation is 1. The highest BCUT2D eigenvalue weighted by Crippen LogP contribution is 2.22. The van der Waals surface area contributed by atoms with Crippen LogP contribution in [0.15, 0.2) is 96.1 Å². The number of ether oxygens (including phenoxy) is 1. The predicted octanol–water partition coefficient (Wildman–Crippen LogP) is 5.39. The number of carbonyl (C=O) groups excluding carboxylic acids is 1. The number of amides is 1. The van der Waals surface area contributed by atoms with Crippen LogP contribution in [0.3, 0.4) is 0 Å². The molecule has 0 atom stereocenters. The van der Waals surface area contributed by atoms with Crippen molar-refractivity contribution in [3.8, 4) is 17.0 Å². The second-order valence-corrected chi connectivity index (χ2v) is 7.45. The highest BCUT2D eigenvalue weighted by Gasteiger charge is 2.10. The van der Waals surface area contributed by atoms with Crippen LogP contribution in [0.2, 0.25) is 0 Å². The Hall–Kier alpha value is -4.45. The first-order chi connectivity index (χ1) is 16.2. The van der Waals surface area contributed by atoms with Crippen molar-refractivity contribution in [1.82, 2.24) is 15.6 Å². The maximum Gasteiger partial charge on any atom is 0.289 e. The van der Waals surface area contributed by atoms with Gasteiger partial charge in [0.15, 0.2) is 0 Å². The first-order valence-corrected chi connectivity index (χ1v) is 10.6. The molecule has 0 aliphatic carbocycles. The molecule has 4 aromatic rings. The second kappa shape index (κ2) is 10.7. The summed E-state index contributed by atoms with van der Waals surface area (Å²) in [7, 11) is 0. The molecule has 0 fully saturated rings. The summed E-state index contributed by atoms with van der Waals surface area (Å²) in [5, 5.41) is 10.9. The van der Waals surface area contributed by atoms with E-state index in [-0.39, 0.29) is 5.91 Å². The van der Waals surface area contributed by atoms with Gasteiger partial charge < -0.3 is 4.74 Å². The molecule has 0 radical (unpaired) electrons. The Kier molecular flexibility index (Phi) is 7.08. The van der Waals surface area contributed by atoms with E-state index in [2.05, 4.69) is 51.9 Å². The number of carbonyl (C=O) groups is 1. The maximum atomic E-state index is 12.3. The zero-order valence-corrected chi connectivity index (χ0v) is 18.2. The van der Waals surface area contributed by atoms with Crippen LogP contribution in [0, 0.1) is 6.92 Å². The monoisotopic (exact) mass is 436 g/mol. The fourth-order valence-electron chi connectivity index (χ4n) is 3.08. The number of hydrogen-bond acceptors (Lipinski definition) is 4. The number of rotatable bonds is 8. The maximum absolute atomic E-state index is 12.3. The van der Waals surface area contributed by atoms with Crippen molar-refractivity contribution in [3.05, 3.63) is 113 Å². The van der Waals surface area contributed by atoms with Gasteiger partial charge in [0.1, 0.15) is 18.1 Å². The third-order valence-corrected chi connectivity index (χ3v) is 4.91. The van der Waals surface area contributed by atoms with Crippen LogP contribution in [-0.2, 0) is 6.61 Å². The van der Waals surface area contributed by atoms with E-state index < -0.39 is 0 Å². The van der Waals surface area contributed by atoms with Crippen LogP contribution < -0.4 is 10.2 Å². The summed E-state index contributed by atoms with van der Waals surface area (Å²) in [4.78, 5) is 12.3. The van der Waals surface area contributed by atoms with Gasteiger partial charge in [0.25, 0.3) is 5.91 Å². The molecular formula is C27H24N4O2. The summed E-state index contributed by atoms with van der Waals surface area (Å²) in [6.45, 7) is 2.57. The van der Waals surface area contributed by atoms with Crippen LogP contribution >= 0.6 is 0 Å². The highest BCUT2D eigenvalue weighted by molar-refractivity contribution is 5.94. The number of H-pyrrole nitrogens is 1. The summed E-state index contributed by atoms with van der Waals surface area (Å²) >= 11 is 0. The molecule has 3 aromatic carbocycles. The van der Waals surface area contributed by atoms with Gasteiger partial charge in [-0.1, -0.05) is 66.2 Å². The molecule has 0 unspecified atom stereocenters. The standard InChI is InChI=1S/C27H24N4O2/c1-20-9-11-22(12-10-20)19-33-24-15-13-23(14-16-24)25-18-26(30-29-25)27(32)31-28-17-5-8-21-6-3-2-4-7-21/h2-18H,19H2,1H3,(H,29,30)(H,31,32)/b8-5+,28-17+. The van der Waals surface area contributed by atoms with Crippen molar-refractivity contribution in [2.45, 2.75) is 13.5 Å². The molecule has 1 aromatic heterocycles. The summed E-state index contributed by atoms with van der Waals surface area (Å²) in [5.74, 6) is 0.405. The van der Waals surface area contributed by atoms with Crippen molar-refractivity contribution < 1.29 is 9.53 Å². The normalized spacial score (nSPS) is 11.2. The summed E-state index contributed by atoms with van der Waals surface area (Å²) < 4.78 is 5.84. The fraction of sp³-hybridized carbons (Fsp3) is 0.0741. The summed E-state index contributed by atoms with van der Waals surface area (Å²) in [6.07, 6.45) is 5.19. The first kappa shape index (κ1) is 21.8. The molecule has 0 aliphatic rings. The Morgan fingerprint density at radius 3 is 2.55 bits per heavy atom. The second-order valence-electron chi connectivity index (χ2n) is 7.45. The van der Waals surface area contributed by atoms with Crippen molar-refractivity contribution in [2.75, 3.05) is 0 Å². The number of aromatic amines is 1. The van der Waals surface area contributed by atoms with Gasteiger partial charge in [0.2, 0.25) is 0 Å². The third kappa shape index (κ3) is 6.27. The van der Waals surface area contributed by atoms with Crippen LogP contribution in [0.25, 0.3) is 17.3 Å². The number of nitrogens with zero attached hydrogens (tertiary/aromatic N) is 2. The van der Waals surface area contributed by atoms with Crippen molar-refractivity contribution >= 4 is 18.2 Å². The minimum atomic E-state index is -0.365. The quantitative estimate of drug-likeness (QED) is 0.287. The van der Waals surface area contributed by atoms with E-state index in [1.165, 1.54) is 11.8 Å². The molecule has 1 amide bonds. The molecule has 0 saturated carbocycles. The Balaban J connectivity index is 1.29. The molecule has 33 heavy (non-hydrogen) atoms. The van der Waals surface area contributed by atoms with Gasteiger partial charge in [-0.2, -0.15) is 10.2 Å². The molecule has 0 saturated heterocycles. The molecule has 0 aliphatic heterocycles. The summed E-state index contributed by atoms with van der Waals surface area (Å²) in [6, 6.07) is 27.4. The molecule has 1 heterocycles. The van der Waals surface area contributed by atoms with Gasteiger partial charge in [-0.15, -0.1) is 0 Å². The highest BCUT2D eigenvalue weighted by atomic mass is 16.5. The van der Waals surface area contributed by atoms with Crippen LogP contribution in [-0.4, -0.2) is 22.3 Å². The zero-order chi connectivity index (χ0) is 22.9. The van der Waals surface area contributed by atoms with Crippen molar-refractivity contribution in [3.63, 3.8) is 0 Å². The molecule has 6 nitrogen and oxygen atoms in total. The molecule has 2 N–H and O–H groups in total. The first-order valence-electron chi connectivity index (χ1n) is 10.6. The van der Waals surface area contributed by atoms with E-state index in [1.807, 2.05) is 60.7 Å². The number of hydrazone groups is 1. The lowest BCUT2D eigenvalue weighted by Gasteiger charge is -2.07. The Labute approximate surface area is 192 Å². The van der Waals surface area contributed by atoms with Gasteiger partial charge in [0, 0.05) is 11.8 Å². The van der Waals surface area contributed by atoms with Crippen molar-refractivity contribution in [1.29, 1.82) is 0 Å². The topological polar surface area (TPSA) is 79.4 Å². The summed E-state index contributed by atoms with van der Waals surface area (Å²) in [5.41, 5.74) is 7.75. The minimum absolute atomic E-state index is 0.328. The fourth-order valence-corrected chi connectivity index (χ4v) is 3.08. The van der Waals surface area contributed by atoms with Crippen LogP contribution in [0.1, 0.15) is 27.2 Å². The molecule has 4 rings (SSSR count). The largest absolute Gasteiger partial charge is 0.489 e. The SMILES string of the molecule is Cc1ccc(COc2ccc(-c3cc(C(=O)N/N=C/C=C/c4ccccc4)[nH]n3)cc2)cc1. The van der Waals surface area contributed by atoms with Gasteiger partial charge in [-0.05, 0) is 54.5 Å². The zero-order valence-electron chi connectivity index (χ0n) is 18.2. The number of aromatic nitrogens is 2. The number of nitrogens with one attached hydrogen (secondary N) is 2. The Morgan fingerprint density at radius 1 is 1.03 bits per heavy atom. The van der Waals surface area contributed by atoms with Gasteiger partial charge in [-0.3, -0.25) is 9.89 Å². The minimum Gasteiger partial charge on any atom is -0.489 e.